The fourth-order valence-electron chi connectivity index (χ4n) is 2.48. The first-order chi connectivity index (χ1) is 11.1. The first-order valence-electron chi connectivity index (χ1n) is 7.44. The molecule has 0 saturated heterocycles. The molecule has 0 saturated carbocycles. The van der Waals surface area contributed by atoms with Gasteiger partial charge in [-0.15, -0.1) is 0 Å². The maximum atomic E-state index is 12.7. The Morgan fingerprint density at radius 3 is 2.61 bits per heavy atom. The largest absolute Gasteiger partial charge is 0.313 e. The molecule has 0 aromatic heterocycles. The SMILES string of the molecule is Cc1ccccc1N(CC(=O)c1ccc(Cl)cc1)C1=NCCS1. The van der Waals surface area contributed by atoms with E-state index < -0.39 is 0 Å². The van der Waals surface area contributed by atoms with Crippen molar-refractivity contribution in [3.05, 3.63) is 64.7 Å². The van der Waals surface area contributed by atoms with Crippen LogP contribution in [0.25, 0.3) is 0 Å². The predicted molar refractivity (Wildman–Crippen MR) is 99.1 cm³/mol. The third kappa shape index (κ3) is 3.77. The van der Waals surface area contributed by atoms with Gasteiger partial charge in [0.15, 0.2) is 11.0 Å². The van der Waals surface area contributed by atoms with Gasteiger partial charge in [-0.25, -0.2) is 0 Å². The fourth-order valence-corrected chi connectivity index (χ4v) is 3.47. The number of para-hydroxylation sites is 1. The molecule has 118 valence electrons. The molecule has 0 bridgehead atoms. The zero-order valence-corrected chi connectivity index (χ0v) is 14.4. The molecule has 0 radical (unpaired) electrons. The second-order valence-electron chi connectivity index (χ2n) is 5.32. The molecular weight excluding hydrogens is 328 g/mol. The third-order valence-corrected chi connectivity index (χ3v) is 4.92. The number of anilines is 1. The smallest absolute Gasteiger partial charge is 0.182 e. The number of carbonyl (C=O) groups excluding carboxylic acids is 1. The van der Waals surface area contributed by atoms with Crippen LogP contribution in [0.15, 0.2) is 53.5 Å². The van der Waals surface area contributed by atoms with E-state index in [2.05, 4.69) is 18.0 Å². The topological polar surface area (TPSA) is 32.7 Å². The average Bonchev–Trinajstić information content (AvgIpc) is 3.08. The molecule has 0 amide bonds. The summed E-state index contributed by atoms with van der Waals surface area (Å²) in [5, 5.41) is 1.55. The molecule has 1 aliphatic heterocycles. The highest BCUT2D eigenvalue weighted by Crippen LogP contribution is 2.26. The van der Waals surface area contributed by atoms with E-state index in [1.54, 1.807) is 36.0 Å². The number of rotatable bonds is 4. The number of hydrogen-bond acceptors (Lipinski definition) is 4. The lowest BCUT2D eigenvalue weighted by Crippen LogP contribution is -2.34. The first-order valence-corrected chi connectivity index (χ1v) is 8.81. The maximum Gasteiger partial charge on any atom is 0.182 e. The molecule has 0 fully saturated rings. The quantitative estimate of drug-likeness (QED) is 0.769. The molecule has 0 spiro atoms. The van der Waals surface area contributed by atoms with Gasteiger partial charge in [0.1, 0.15) is 0 Å². The molecule has 2 aromatic rings. The van der Waals surface area contributed by atoms with Gasteiger partial charge < -0.3 is 4.90 Å². The van der Waals surface area contributed by atoms with Crippen LogP contribution in [-0.4, -0.2) is 29.8 Å². The average molecular weight is 345 g/mol. The fraction of sp³-hybridized carbons (Fsp3) is 0.222. The van der Waals surface area contributed by atoms with Gasteiger partial charge in [0.2, 0.25) is 0 Å². The Kier molecular flexibility index (Phi) is 5.03. The Morgan fingerprint density at radius 2 is 1.96 bits per heavy atom. The number of thioether (sulfide) groups is 1. The summed E-state index contributed by atoms with van der Waals surface area (Å²) >= 11 is 7.59. The van der Waals surface area contributed by atoms with Gasteiger partial charge in [-0.3, -0.25) is 9.79 Å². The van der Waals surface area contributed by atoms with Crippen molar-refractivity contribution in [2.45, 2.75) is 6.92 Å². The van der Waals surface area contributed by atoms with Crippen LogP contribution in [0.5, 0.6) is 0 Å². The number of amidine groups is 1. The molecule has 3 rings (SSSR count). The Hall–Kier alpha value is -1.78. The number of aliphatic imine (C=N–C) groups is 1. The number of carbonyl (C=O) groups is 1. The van der Waals surface area contributed by atoms with E-state index in [0.29, 0.717) is 10.6 Å². The molecule has 0 aliphatic carbocycles. The van der Waals surface area contributed by atoms with Crippen molar-refractivity contribution in [2.24, 2.45) is 4.99 Å². The Morgan fingerprint density at radius 1 is 1.22 bits per heavy atom. The van der Waals surface area contributed by atoms with E-state index >= 15 is 0 Å². The van der Waals surface area contributed by atoms with Crippen molar-refractivity contribution < 1.29 is 4.79 Å². The molecule has 3 nitrogen and oxygen atoms in total. The van der Waals surface area contributed by atoms with Gasteiger partial charge in [0.05, 0.1) is 13.1 Å². The van der Waals surface area contributed by atoms with Crippen LogP contribution in [0.2, 0.25) is 5.02 Å². The lowest BCUT2D eigenvalue weighted by molar-refractivity contribution is 0.100. The second kappa shape index (κ2) is 7.20. The molecule has 5 heteroatoms. The minimum absolute atomic E-state index is 0.0557. The normalized spacial score (nSPS) is 13.7. The highest BCUT2D eigenvalue weighted by atomic mass is 35.5. The van der Waals surface area contributed by atoms with E-state index in [9.17, 15) is 4.79 Å². The van der Waals surface area contributed by atoms with Crippen LogP contribution >= 0.6 is 23.4 Å². The Bertz CT molecular complexity index is 743. The summed E-state index contributed by atoms with van der Waals surface area (Å²) in [6.45, 7) is 3.13. The van der Waals surface area contributed by atoms with Crippen LogP contribution in [0.3, 0.4) is 0 Å². The van der Waals surface area contributed by atoms with Crippen LogP contribution in [-0.2, 0) is 0 Å². The summed E-state index contributed by atoms with van der Waals surface area (Å²) in [5.41, 5.74) is 2.83. The molecular formula is C18H17ClN2OS. The number of benzene rings is 2. The molecule has 0 unspecified atom stereocenters. The van der Waals surface area contributed by atoms with Gasteiger partial charge in [-0.2, -0.15) is 0 Å². The minimum atomic E-state index is 0.0557. The lowest BCUT2D eigenvalue weighted by atomic mass is 10.1. The van der Waals surface area contributed by atoms with Gasteiger partial charge in [0.25, 0.3) is 0 Å². The number of aryl methyl sites for hydroxylation is 1. The van der Waals surface area contributed by atoms with Gasteiger partial charge >= 0.3 is 0 Å². The molecule has 1 heterocycles. The molecule has 1 aliphatic rings. The summed E-state index contributed by atoms with van der Waals surface area (Å²) in [4.78, 5) is 19.2. The Balaban J connectivity index is 1.89. The van der Waals surface area contributed by atoms with E-state index in [1.165, 1.54) is 0 Å². The number of Topliss-reactive ketones (excluding diaryl/α,β-unsaturated/α-hetero) is 1. The van der Waals surface area contributed by atoms with Crippen molar-refractivity contribution in [2.75, 3.05) is 23.7 Å². The van der Waals surface area contributed by atoms with Crippen LogP contribution in [0.4, 0.5) is 5.69 Å². The first kappa shape index (κ1) is 16.1. The van der Waals surface area contributed by atoms with Gasteiger partial charge in [0, 0.05) is 22.0 Å². The van der Waals surface area contributed by atoms with E-state index in [-0.39, 0.29) is 12.3 Å². The van der Waals surface area contributed by atoms with Gasteiger partial charge in [-0.1, -0.05) is 41.6 Å². The summed E-state index contributed by atoms with van der Waals surface area (Å²) in [5.74, 6) is 1.02. The summed E-state index contributed by atoms with van der Waals surface area (Å²) in [7, 11) is 0. The van der Waals surface area contributed by atoms with Crippen molar-refractivity contribution in [1.82, 2.24) is 0 Å². The van der Waals surface area contributed by atoms with E-state index in [1.807, 2.05) is 23.1 Å². The van der Waals surface area contributed by atoms with Crippen molar-refractivity contribution in [3.63, 3.8) is 0 Å². The highest BCUT2D eigenvalue weighted by molar-refractivity contribution is 8.14. The van der Waals surface area contributed by atoms with E-state index in [0.717, 1.165) is 28.7 Å². The number of halogens is 1. The van der Waals surface area contributed by atoms with Crippen molar-refractivity contribution in [3.8, 4) is 0 Å². The van der Waals surface area contributed by atoms with Crippen LogP contribution < -0.4 is 4.90 Å². The molecule has 0 N–H and O–H groups in total. The van der Waals surface area contributed by atoms with Crippen molar-refractivity contribution in [1.29, 1.82) is 0 Å². The van der Waals surface area contributed by atoms with Gasteiger partial charge in [-0.05, 0) is 42.8 Å². The monoisotopic (exact) mass is 344 g/mol. The number of ketones is 1. The second-order valence-corrected chi connectivity index (χ2v) is 6.81. The third-order valence-electron chi connectivity index (χ3n) is 3.67. The van der Waals surface area contributed by atoms with Crippen molar-refractivity contribution >= 4 is 40.0 Å². The van der Waals surface area contributed by atoms with Crippen LogP contribution in [0, 0.1) is 6.92 Å². The molecule has 0 atom stereocenters. The summed E-state index contributed by atoms with van der Waals surface area (Å²) in [6, 6.07) is 15.1. The standard InChI is InChI=1S/C18H17ClN2OS/c1-13-4-2-3-5-16(13)21(18-20-10-11-23-18)12-17(22)14-6-8-15(19)9-7-14/h2-9H,10-12H2,1H3. The van der Waals surface area contributed by atoms with E-state index in [4.69, 9.17) is 11.6 Å². The molecule has 23 heavy (non-hydrogen) atoms. The summed E-state index contributed by atoms with van der Waals surface area (Å²) < 4.78 is 0. The van der Waals surface area contributed by atoms with Crippen LogP contribution in [0.1, 0.15) is 15.9 Å². The highest BCUT2D eigenvalue weighted by Gasteiger charge is 2.22. The number of hydrogen-bond donors (Lipinski definition) is 0. The summed E-state index contributed by atoms with van der Waals surface area (Å²) in [6.07, 6.45) is 0. The number of nitrogens with zero attached hydrogens (tertiary/aromatic N) is 2. The molecule has 2 aromatic carbocycles. The predicted octanol–water partition coefficient (Wildman–Crippen LogP) is 4.44. The zero-order valence-electron chi connectivity index (χ0n) is 12.8. The minimum Gasteiger partial charge on any atom is -0.313 e. The lowest BCUT2D eigenvalue weighted by Gasteiger charge is -2.25. The zero-order chi connectivity index (χ0) is 16.2. The Labute approximate surface area is 145 Å². The maximum absolute atomic E-state index is 12.7.